The van der Waals surface area contributed by atoms with E-state index in [0.717, 1.165) is 22.8 Å². The van der Waals surface area contributed by atoms with Crippen LogP contribution in [0.5, 0.6) is 5.88 Å². The van der Waals surface area contributed by atoms with Crippen LogP contribution in [0.15, 0.2) is 36.7 Å². The van der Waals surface area contributed by atoms with E-state index in [4.69, 9.17) is 9.47 Å². The van der Waals surface area contributed by atoms with E-state index in [1.165, 1.54) is 0 Å². The third kappa shape index (κ3) is 6.09. The summed E-state index contributed by atoms with van der Waals surface area (Å²) in [7, 11) is -1.90. The second-order valence-corrected chi connectivity index (χ2v) is 14.2. The highest BCUT2D eigenvalue weighted by atomic mass is 32.2. The Labute approximate surface area is 251 Å². The predicted molar refractivity (Wildman–Crippen MR) is 165 cm³/mol. The van der Waals surface area contributed by atoms with Crippen LogP contribution in [0.3, 0.4) is 0 Å². The number of anilines is 2. The van der Waals surface area contributed by atoms with Gasteiger partial charge in [0.1, 0.15) is 23.3 Å². The first-order valence-corrected chi connectivity index (χ1v) is 16.0. The van der Waals surface area contributed by atoms with Gasteiger partial charge < -0.3 is 24.6 Å². The lowest BCUT2D eigenvalue weighted by Crippen LogP contribution is -2.65. The lowest BCUT2D eigenvalue weighted by atomic mass is 9.73. The highest BCUT2D eigenvalue weighted by Gasteiger charge is 2.60. The maximum Gasteiger partial charge on any atom is 0.410 e. The van der Waals surface area contributed by atoms with Gasteiger partial charge in [-0.25, -0.2) is 18.2 Å². The van der Waals surface area contributed by atoms with Crippen LogP contribution in [0.25, 0.3) is 22.0 Å². The summed E-state index contributed by atoms with van der Waals surface area (Å²) >= 11 is 0. The fraction of sp³-hybridized carbons (Fsp3) is 0.467. The topological polar surface area (TPSA) is 143 Å². The summed E-state index contributed by atoms with van der Waals surface area (Å²) in [5.41, 5.74) is 2.25. The Morgan fingerprint density at radius 2 is 1.84 bits per heavy atom. The fourth-order valence-corrected chi connectivity index (χ4v) is 6.05. The molecule has 0 radical (unpaired) electrons. The zero-order valence-corrected chi connectivity index (χ0v) is 26.3. The molecule has 1 saturated heterocycles. The molecule has 1 aromatic carbocycles. The maximum atomic E-state index is 13.6. The molecule has 0 bridgehead atoms. The second-order valence-electron chi connectivity index (χ2n) is 12.4. The first kappa shape index (κ1) is 30.5. The van der Waals surface area contributed by atoms with E-state index < -0.39 is 27.1 Å². The number of likely N-dealkylation sites (N-methyl/N-ethyl adjacent to an activating group) is 1. The zero-order valence-electron chi connectivity index (χ0n) is 25.5. The minimum Gasteiger partial charge on any atom is -0.475 e. The molecule has 2 aliphatic rings. The van der Waals surface area contributed by atoms with Crippen molar-refractivity contribution >= 4 is 44.3 Å². The Hall–Kier alpha value is -3.97. The molecule has 4 heterocycles. The van der Waals surface area contributed by atoms with Crippen LogP contribution < -0.4 is 19.7 Å². The number of carbonyl (C=O) groups is 2. The number of nitrogens with one attached hydrogen (secondary N) is 2. The minimum atomic E-state index is -3.61. The summed E-state index contributed by atoms with van der Waals surface area (Å²) < 4.78 is 38.2. The number of aromatic nitrogens is 2. The van der Waals surface area contributed by atoms with Crippen LogP contribution in [0.2, 0.25) is 0 Å². The Kier molecular flexibility index (Phi) is 7.76. The number of carbonyl (C=O) groups excluding carboxylic acids is 2. The van der Waals surface area contributed by atoms with Crippen LogP contribution >= 0.6 is 0 Å². The number of hydrogen-bond acceptors (Lipinski definition) is 9. The maximum absolute atomic E-state index is 13.6. The first-order chi connectivity index (χ1) is 20.1. The van der Waals surface area contributed by atoms with Crippen molar-refractivity contribution in [1.29, 1.82) is 0 Å². The molecule has 0 unspecified atom stereocenters. The van der Waals surface area contributed by atoms with E-state index in [-0.39, 0.29) is 36.6 Å². The minimum absolute atomic E-state index is 0.100. The summed E-state index contributed by atoms with van der Waals surface area (Å²) in [5, 5.41) is 4.02. The number of pyridine rings is 2. The second kappa shape index (κ2) is 10.9. The normalized spacial score (nSPS) is 16.0. The number of ether oxygens (including phenoxy) is 2. The largest absolute Gasteiger partial charge is 0.475 e. The molecule has 5 rings (SSSR count). The predicted octanol–water partition coefficient (Wildman–Crippen LogP) is 3.51. The summed E-state index contributed by atoms with van der Waals surface area (Å²) in [4.78, 5) is 38.5. The summed E-state index contributed by atoms with van der Waals surface area (Å²) in [5.74, 6) is 0.0720. The van der Waals surface area contributed by atoms with Crippen LogP contribution in [0, 0.1) is 0 Å². The van der Waals surface area contributed by atoms with Gasteiger partial charge in [0, 0.05) is 55.4 Å². The van der Waals surface area contributed by atoms with Crippen LogP contribution in [0.1, 0.15) is 40.2 Å². The van der Waals surface area contributed by atoms with Crippen molar-refractivity contribution < 1.29 is 27.5 Å². The number of benzene rings is 1. The number of hydrogen-bond donors (Lipinski definition) is 2. The van der Waals surface area contributed by atoms with Gasteiger partial charge in [-0.3, -0.25) is 14.5 Å². The van der Waals surface area contributed by atoms with Crippen molar-refractivity contribution in [3.05, 3.63) is 42.2 Å². The average molecular weight is 611 g/mol. The molecule has 2 N–H and O–H groups in total. The van der Waals surface area contributed by atoms with Crippen molar-refractivity contribution in [3.8, 4) is 17.0 Å². The lowest BCUT2D eigenvalue weighted by Gasteiger charge is -2.46. The Morgan fingerprint density at radius 1 is 1.12 bits per heavy atom. The molecule has 2 amide bonds. The molecule has 0 atom stereocenters. The molecule has 2 aliphatic heterocycles. The summed E-state index contributed by atoms with van der Waals surface area (Å²) in [6, 6.07) is 7.62. The SMILES string of the molecule is CC(C)NCCOc1ncc(-c2ccc3ncc4c(c3c2)C2(CN(C(=O)OC(C)(C)C)C2)C(=O)N4C)cc1NS(C)(=O)=O. The van der Waals surface area contributed by atoms with Crippen molar-refractivity contribution in [2.24, 2.45) is 0 Å². The molecule has 3 aromatic rings. The monoisotopic (exact) mass is 610 g/mol. The molecular formula is C30H38N6O6S. The van der Waals surface area contributed by atoms with E-state index in [1.807, 2.05) is 32.0 Å². The lowest BCUT2D eigenvalue weighted by molar-refractivity contribution is -0.128. The molecule has 230 valence electrons. The fourth-order valence-electron chi connectivity index (χ4n) is 5.50. The molecule has 0 saturated carbocycles. The van der Waals surface area contributed by atoms with E-state index in [1.54, 1.807) is 56.1 Å². The number of rotatable bonds is 8. The van der Waals surface area contributed by atoms with Gasteiger partial charge >= 0.3 is 6.09 Å². The molecule has 2 aromatic heterocycles. The number of nitrogens with zero attached hydrogens (tertiary/aromatic N) is 4. The van der Waals surface area contributed by atoms with Gasteiger partial charge in [-0.1, -0.05) is 19.9 Å². The number of fused-ring (bicyclic) bond motifs is 4. The number of sulfonamides is 1. The first-order valence-electron chi connectivity index (χ1n) is 14.1. The van der Waals surface area contributed by atoms with Crippen molar-refractivity contribution in [2.75, 3.05) is 49.2 Å². The van der Waals surface area contributed by atoms with Gasteiger partial charge in [0.25, 0.3) is 0 Å². The van der Waals surface area contributed by atoms with Gasteiger partial charge in [0.2, 0.25) is 21.8 Å². The van der Waals surface area contributed by atoms with E-state index in [9.17, 15) is 18.0 Å². The van der Waals surface area contributed by atoms with Gasteiger partial charge in [0.05, 0.1) is 23.7 Å². The van der Waals surface area contributed by atoms with Crippen LogP contribution in [-0.2, 0) is 25.0 Å². The van der Waals surface area contributed by atoms with Crippen molar-refractivity contribution in [1.82, 2.24) is 20.2 Å². The van der Waals surface area contributed by atoms with E-state index in [0.29, 0.717) is 29.9 Å². The third-order valence-corrected chi connectivity index (χ3v) is 7.94. The Morgan fingerprint density at radius 3 is 2.49 bits per heavy atom. The Bertz CT molecular complexity index is 1700. The molecule has 1 spiro atoms. The van der Waals surface area contributed by atoms with E-state index >= 15 is 0 Å². The summed E-state index contributed by atoms with van der Waals surface area (Å²) in [6.07, 6.45) is 3.92. The molecule has 12 nitrogen and oxygen atoms in total. The Balaban J connectivity index is 1.52. The molecule has 43 heavy (non-hydrogen) atoms. The number of likely N-dealkylation sites (tertiary alicyclic amines) is 1. The van der Waals surface area contributed by atoms with Crippen molar-refractivity contribution in [2.45, 2.75) is 51.7 Å². The molecular weight excluding hydrogens is 572 g/mol. The number of amides is 2. The van der Waals surface area contributed by atoms with Gasteiger partial charge in [-0.05, 0) is 44.5 Å². The molecule has 13 heteroatoms. The van der Waals surface area contributed by atoms with Gasteiger partial charge in [0.15, 0.2) is 0 Å². The average Bonchev–Trinajstić information content (AvgIpc) is 3.11. The van der Waals surface area contributed by atoms with Gasteiger partial charge in [-0.2, -0.15) is 0 Å². The summed E-state index contributed by atoms with van der Waals surface area (Å²) in [6.45, 7) is 10.7. The smallest absolute Gasteiger partial charge is 0.410 e. The highest BCUT2D eigenvalue weighted by molar-refractivity contribution is 7.92. The van der Waals surface area contributed by atoms with Crippen molar-refractivity contribution in [3.63, 3.8) is 0 Å². The standard InChI is InChI=1S/C30H38N6O6S/c1-18(2)31-10-11-41-26-23(34-43(7,39)40)13-20(14-33-26)19-8-9-22-21(12-19)25-24(15-32-22)35(6)27(37)30(25)16-36(17-30)28(38)42-29(3,4)5/h8-9,12-15,18,31,34H,10-11,16-17H2,1-7H3. The highest BCUT2D eigenvalue weighted by Crippen LogP contribution is 2.50. The van der Waals surface area contributed by atoms with E-state index in [2.05, 4.69) is 20.0 Å². The molecule has 1 fully saturated rings. The van der Waals surface area contributed by atoms with Crippen LogP contribution in [-0.4, -0.2) is 86.5 Å². The quantitative estimate of drug-likeness (QED) is 0.366. The molecule has 0 aliphatic carbocycles. The zero-order chi connectivity index (χ0) is 31.3. The van der Waals surface area contributed by atoms with Gasteiger partial charge in [-0.15, -0.1) is 0 Å². The van der Waals surface area contributed by atoms with Crippen LogP contribution in [0.4, 0.5) is 16.2 Å². The third-order valence-electron chi connectivity index (χ3n) is 7.35.